The third-order valence-corrected chi connectivity index (χ3v) is 7.82. The number of rotatable bonds is 10. The summed E-state index contributed by atoms with van der Waals surface area (Å²) in [5, 5.41) is 6.53. The molecule has 3 aromatic rings. The first kappa shape index (κ1) is 27.9. The van der Waals surface area contributed by atoms with E-state index in [4.69, 9.17) is 18.6 Å². The van der Waals surface area contributed by atoms with Crippen LogP contribution < -0.4 is 10.6 Å². The number of furan rings is 1. The van der Waals surface area contributed by atoms with Crippen LogP contribution in [0.25, 0.3) is 11.3 Å². The maximum absolute atomic E-state index is 12.6. The van der Waals surface area contributed by atoms with Crippen LogP contribution >= 0.6 is 0 Å². The summed E-state index contributed by atoms with van der Waals surface area (Å²) in [6.45, 7) is 5.67. The molecule has 2 fully saturated rings. The van der Waals surface area contributed by atoms with Crippen molar-refractivity contribution in [3.8, 4) is 11.3 Å². The highest BCUT2D eigenvalue weighted by atomic mass is 16.7. The number of anilines is 1. The number of carbonyl (C=O) groups is 2. The minimum atomic E-state index is -0.427. The lowest BCUT2D eigenvalue weighted by molar-refractivity contribution is -0.183. The Hall–Kier alpha value is -3.62. The number of benzene rings is 2. The monoisotopic (exact) mass is 546 g/mol. The summed E-state index contributed by atoms with van der Waals surface area (Å²) in [4.78, 5) is 24.1. The Morgan fingerprint density at radius 2 is 1.73 bits per heavy atom. The third-order valence-electron chi connectivity index (χ3n) is 7.82. The van der Waals surface area contributed by atoms with Gasteiger partial charge in [0.05, 0.1) is 32.3 Å². The SMILES string of the molecule is CCOC(=O)CCNC(=O)c1ccc(NC(c2cc(-c3ccccc3)oc2C)C2CCC3(CC2)OCCO3)cc1. The van der Waals surface area contributed by atoms with Crippen LogP contribution in [0.15, 0.2) is 65.1 Å². The van der Waals surface area contributed by atoms with Crippen LogP contribution in [-0.4, -0.2) is 44.0 Å². The predicted octanol–water partition coefficient (Wildman–Crippen LogP) is 6.02. The summed E-state index contributed by atoms with van der Waals surface area (Å²) >= 11 is 0. The molecule has 0 bridgehead atoms. The van der Waals surface area contributed by atoms with Crippen LogP contribution in [0, 0.1) is 12.8 Å². The average molecular weight is 547 g/mol. The van der Waals surface area contributed by atoms with E-state index in [2.05, 4.69) is 28.8 Å². The van der Waals surface area contributed by atoms with E-state index >= 15 is 0 Å². The summed E-state index contributed by atoms with van der Waals surface area (Å²) in [5.74, 6) is 1.12. The van der Waals surface area contributed by atoms with Gasteiger partial charge in [-0.25, -0.2) is 0 Å². The number of carbonyl (C=O) groups excluding carboxylic acids is 2. The van der Waals surface area contributed by atoms with Crippen molar-refractivity contribution in [1.82, 2.24) is 5.32 Å². The normalized spacial score (nSPS) is 17.4. The minimum absolute atomic E-state index is 0.0178. The number of amides is 1. The number of hydrogen-bond acceptors (Lipinski definition) is 7. The first-order chi connectivity index (χ1) is 19.5. The highest BCUT2D eigenvalue weighted by Gasteiger charge is 2.42. The third kappa shape index (κ3) is 6.57. The van der Waals surface area contributed by atoms with E-state index in [0.717, 1.165) is 54.0 Å². The fourth-order valence-corrected chi connectivity index (χ4v) is 5.71. The van der Waals surface area contributed by atoms with Crippen molar-refractivity contribution in [2.24, 2.45) is 5.92 Å². The molecule has 1 spiro atoms. The molecule has 1 atom stereocenters. The molecule has 5 rings (SSSR count). The van der Waals surface area contributed by atoms with Gasteiger partial charge in [0.1, 0.15) is 11.5 Å². The van der Waals surface area contributed by atoms with Crippen LogP contribution in [0.2, 0.25) is 0 Å². The van der Waals surface area contributed by atoms with E-state index in [1.54, 1.807) is 19.1 Å². The summed E-state index contributed by atoms with van der Waals surface area (Å²) in [7, 11) is 0. The molecule has 8 heteroatoms. The van der Waals surface area contributed by atoms with Gasteiger partial charge < -0.3 is 29.3 Å². The molecule has 2 N–H and O–H groups in total. The van der Waals surface area contributed by atoms with Gasteiger partial charge in [-0.3, -0.25) is 9.59 Å². The van der Waals surface area contributed by atoms with Gasteiger partial charge in [0.25, 0.3) is 5.91 Å². The molecule has 1 unspecified atom stereocenters. The zero-order valence-corrected chi connectivity index (χ0v) is 23.2. The molecule has 2 heterocycles. The second-order valence-corrected chi connectivity index (χ2v) is 10.4. The second kappa shape index (κ2) is 12.7. The van der Waals surface area contributed by atoms with Gasteiger partial charge in [0.2, 0.25) is 0 Å². The molecule has 8 nitrogen and oxygen atoms in total. The maximum atomic E-state index is 12.6. The molecule has 1 aliphatic carbocycles. The Balaban J connectivity index is 1.31. The fraction of sp³-hybridized carbons (Fsp3) is 0.438. The van der Waals surface area contributed by atoms with Crippen molar-refractivity contribution in [1.29, 1.82) is 0 Å². The molecular formula is C32H38N2O6. The zero-order valence-electron chi connectivity index (χ0n) is 23.2. The standard InChI is InChI=1S/C32H38N2O6/c1-3-37-29(35)15-18-33-31(36)25-9-11-26(12-10-25)34-30(24-13-16-32(17-14-24)38-19-20-39-32)27-21-28(40-22(27)2)23-7-5-4-6-8-23/h4-12,21,24,30,34H,3,13-20H2,1-2H3,(H,33,36). The smallest absolute Gasteiger partial charge is 0.307 e. The summed E-state index contributed by atoms with van der Waals surface area (Å²) in [6, 6.07) is 19.8. The molecule has 1 saturated heterocycles. The van der Waals surface area contributed by atoms with Crippen molar-refractivity contribution in [3.63, 3.8) is 0 Å². The Morgan fingerprint density at radius 1 is 1.02 bits per heavy atom. The Labute approximate surface area is 235 Å². The van der Waals surface area contributed by atoms with Crippen LogP contribution in [0.5, 0.6) is 0 Å². The maximum Gasteiger partial charge on any atom is 0.307 e. The molecule has 1 amide bonds. The lowest BCUT2D eigenvalue weighted by Gasteiger charge is -2.39. The van der Waals surface area contributed by atoms with Crippen molar-refractivity contribution in [2.45, 2.75) is 57.8 Å². The summed E-state index contributed by atoms with van der Waals surface area (Å²) < 4.78 is 23.1. The van der Waals surface area contributed by atoms with E-state index in [9.17, 15) is 9.59 Å². The van der Waals surface area contributed by atoms with Gasteiger partial charge in [-0.1, -0.05) is 30.3 Å². The van der Waals surface area contributed by atoms with Gasteiger partial charge in [-0.05, 0) is 62.9 Å². The quantitative estimate of drug-likeness (QED) is 0.300. The van der Waals surface area contributed by atoms with Crippen molar-refractivity contribution in [3.05, 3.63) is 77.6 Å². The van der Waals surface area contributed by atoms with Crippen LogP contribution in [0.3, 0.4) is 0 Å². The lowest BCUT2D eigenvalue weighted by atomic mass is 9.78. The topological polar surface area (TPSA) is 99.0 Å². The van der Waals surface area contributed by atoms with E-state index in [1.165, 1.54) is 0 Å². The van der Waals surface area contributed by atoms with Crippen molar-refractivity contribution < 1.29 is 28.2 Å². The van der Waals surface area contributed by atoms with E-state index in [-0.39, 0.29) is 30.9 Å². The first-order valence-corrected chi connectivity index (χ1v) is 14.2. The zero-order chi connectivity index (χ0) is 28.0. The van der Waals surface area contributed by atoms with E-state index in [0.29, 0.717) is 31.3 Å². The number of hydrogen-bond donors (Lipinski definition) is 2. The molecule has 40 heavy (non-hydrogen) atoms. The van der Waals surface area contributed by atoms with Crippen molar-refractivity contribution >= 4 is 17.6 Å². The largest absolute Gasteiger partial charge is 0.466 e. The molecule has 1 saturated carbocycles. The molecule has 0 radical (unpaired) electrons. The van der Waals surface area contributed by atoms with Gasteiger partial charge in [0.15, 0.2) is 5.79 Å². The molecule has 1 aliphatic heterocycles. The predicted molar refractivity (Wildman–Crippen MR) is 152 cm³/mol. The lowest BCUT2D eigenvalue weighted by Crippen LogP contribution is -2.37. The number of ether oxygens (including phenoxy) is 3. The summed E-state index contributed by atoms with van der Waals surface area (Å²) in [6.07, 6.45) is 3.80. The molecule has 2 aromatic carbocycles. The highest BCUT2D eigenvalue weighted by molar-refractivity contribution is 5.94. The Kier molecular flexibility index (Phi) is 8.87. The van der Waals surface area contributed by atoms with Crippen LogP contribution in [0.1, 0.15) is 66.8 Å². The Morgan fingerprint density at radius 3 is 2.40 bits per heavy atom. The van der Waals surface area contributed by atoms with Gasteiger partial charge >= 0.3 is 5.97 Å². The molecule has 212 valence electrons. The number of aryl methyl sites for hydroxylation is 1. The minimum Gasteiger partial charge on any atom is -0.466 e. The van der Waals surface area contributed by atoms with Gasteiger partial charge in [-0.15, -0.1) is 0 Å². The van der Waals surface area contributed by atoms with Gasteiger partial charge in [-0.2, -0.15) is 0 Å². The molecular weight excluding hydrogens is 508 g/mol. The average Bonchev–Trinajstić information content (AvgIpc) is 3.59. The summed E-state index contributed by atoms with van der Waals surface area (Å²) in [5.41, 5.74) is 3.63. The molecule has 1 aromatic heterocycles. The van der Waals surface area contributed by atoms with Crippen LogP contribution in [-0.2, 0) is 19.0 Å². The van der Waals surface area contributed by atoms with Gasteiger partial charge in [0, 0.05) is 41.8 Å². The number of esters is 1. The molecule has 2 aliphatic rings. The highest BCUT2D eigenvalue weighted by Crippen LogP contribution is 2.45. The first-order valence-electron chi connectivity index (χ1n) is 14.2. The second-order valence-electron chi connectivity index (χ2n) is 10.4. The van der Waals surface area contributed by atoms with E-state index < -0.39 is 5.79 Å². The Bertz CT molecular complexity index is 1270. The van der Waals surface area contributed by atoms with Crippen LogP contribution in [0.4, 0.5) is 5.69 Å². The fourth-order valence-electron chi connectivity index (χ4n) is 5.71. The van der Waals surface area contributed by atoms with Crippen molar-refractivity contribution in [2.75, 3.05) is 31.7 Å². The number of nitrogens with one attached hydrogen (secondary N) is 2. The van der Waals surface area contributed by atoms with E-state index in [1.807, 2.05) is 37.3 Å².